The van der Waals surface area contributed by atoms with Gasteiger partial charge in [-0.15, -0.1) is 0 Å². The van der Waals surface area contributed by atoms with Gasteiger partial charge in [0.1, 0.15) is 0 Å². The zero-order valence-electron chi connectivity index (χ0n) is 7.58. The molecule has 0 radical (unpaired) electrons. The van der Waals surface area contributed by atoms with E-state index in [1.807, 2.05) is 0 Å². The van der Waals surface area contributed by atoms with Gasteiger partial charge in [0, 0.05) is 5.56 Å². The highest BCUT2D eigenvalue weighted by molar-refractivity contribution is 9.10. The van der Waals surface area contributed by atoms with E-state index in [0.29, 0.717) is 0 Å². The number of hydrogen-bond donors (Lipinski definition) is 1. The second kappa shape index (κ2) is 4.39. The maximum absolute atomic E-state index is 13.2. The molecule has 15 heavy (non-hydrogen) atoms. The van der Waals surface area contributed by atoms with Crippen molar-refractivity contribution in [3.63, 3.8) is 0 Å². The number of methoxy groups -OCH3 is 1. The quantitative estimate of drug-likeness (QED) is 0.676. The smallest absolute Gasteiger partial charge is 0.377 e. The SMILES string of the molecule is COc1cc(C(=O)C(=O)O)cc(Br)c1F. The number of carbonyl (C=O) groups excluding carboxylic acids is 1. The predicted octanol–water partition coefficient (Wildman–Crippen LogP) is 1.86. The van der Waals surface area contributed by atoms with Crippen molar-refractivity contribution in [2.75, 3.05) is 7.11 Å². The largest absolute Gasteiger partial charge is 0.494 e. The van der Waals surface area contributed by atoms with Crippen LogP contribution in [-0.4, -0.2) is 24.0 Å². The van der Waals surface area contributed by atoms with Gasteiger partial charge in [0.25, 0.3) is 5.78 Å². The molecule has 0 heterocycles. The first-order chi connectivity index (χ1) is 6.97. The maximum Gasteiger partial charge on any atom is 0.377 e. The van der Waals surface area contributed by atoms with E-state index >= 15 is 0 Å². The maximum atomic E-state index is 13.2. The molecule has 1 N–H and O–H groups in total. The predicted molar refractivity (Wildman–Crippen MR) is 52.6 cm³/mol. The first kappa shape index (κ1) is 11.6. The first-order valence-corrected chi connectivity index (χ1v) is 4.57. The van der Waals surface area contributed by atoms with Gasteiger partial charge in [-0.3, -0.25) is 4.79 Å². The molecule has 0 aliphatic heterocycles. The van der Waals surface area contributed by atoms with Gasteiger partial charge >= 0.3 is 5.97 Å². The molecule has 1 aromatic rings. The molecule has 0 atom stereocenters. The molecular weight excluding hydrogens is 271 g/mol. The fourth-order valence-corrected chi connectivity index (χ4v) is 1.41. The van der Waals surface area contributed by atoms with E-state index in [1.165, 1.54) is 7.11 Å². The molecule has 1 aromatic carbocycles. The topological polar surface area (TPSA) is 63.6 Å². The number of benzene rings is 1. The number of halogens is 2. The molecule has 0 saturated carbocycles. The molecule has 0 aliphatic rings. The van der Waals surface area contributed by atoms with Gasteiger partial charge in [0.2, 0.25) is 0 Å². The highest BCUT2D eigenvalue weighted by Gasteiger charge is 2.18. The number of carboxylic acid groups (broad SMARTS) is 1. The number of hydrogen-bond acceptors (Lipinski definition) is 3. The third kappa shape index (κ3) is 2.33. The Morgan fingerprint density at radius 3 is 2.53 bits per heavy atom. The average Bonchev–Trinajstić information content (AvgIpc) is 2.20. The molecule has 0 saturated heterocycles. The van der Waals surface area contributed by atoms with Crippen LogP contribution in [0.1, 0.15) is 10.4 Å². The van der Waals surface area contributed by atoms with Crippen LogP contribution in [0.5, 0.6) is 5.75 Å². The summed E-state index contributed by atoms with van der Waals surface area (Å²) in [5, 5.41) is 8.46. The van der Waals surface area contributed by atoms with Crippen molar-refractivity contribution in [3.8, 4) is 5.75 Å². The number of ketones is 1. The Morgan fingerprint density at radius 2 is 2.07 bits per heavy atom. The van der Waals surface area contributed by atoms with E-state index in [1.54, 1.807) is 0 Å². The van der Waals surface area contributed by atoms with Gasteiger partial charge in [0.05, 0.1) is 11.6 Å². The number of carboxylic acids is 1. The average molecular weight is 277 g/mol. The summed E-state index contributed by atoms with van der Waals surface area (Å²) in [7, 11) is 1.22. The van der Waals surface area contributed by atoms with Crippen LogP contribution in [0.25, 0.3) is 0 Å². The van der Waals surface area contributed by atoms with E-state index in [0.717, 1.165) is 12.1 Å². The molecule has 80 valence electrons. The lowest BCUT2D eigenvalue weighted by Gasteiger charge is -2.05. The standard InChI is InChI=1S/C9H6BrFO4/c1-15-6-3-4(8(12)9(13)14)2-5(10)7(6)11/h2-3H,1H3,(H,13,14). The van der Waals surface area contributed by atoms with Crippen molar-refractivity contribution < 1.29 is 23.8 Å². The molecular formula is C9H6BrFO4. The summed E-state index contributed by atoms with van der Waals surface area (Å²) < 4.78 is 17.8. The van der Waals surface area contributed by atoms with Crippen LogP contribution in [0.3, 0.4) is 0 Å². The van der Waals surface area contributed by atoms with E-state index < -0.39 is 17.6 Å². The van der Waals surface area contributed by atoms with Crippen LogP contribution >= 0.6 is 15.9 Å². The molecule has 0 fully saturated rings. The monoisotopic (exact) mass is 276 g/mol. The fraction of sp³-hybridized carbons (Fsp3) is 0.111. The lowest BCUT2D eigenvalue weighted by molar-refractivity contribution is -0.131. The molecule has 0 bridgehead atoms. The van der Waals surface area contributed by atoms with Gasteiger partial charge in [-0.2, -0.15) is 0 Å². The minimum Gasteiger partial charge on any atom is -0.494 e. The summed E-state index contributed by atoms with van der Waals surface area (Å²) in [6.45, 7) is 0. The van der Waals surface area contributed by atoms with E-state index in [4.69, 9.17) is 5.11 Å². The van der Waals surface area contributed by atoms with E-state index in [2.05, 4.69) is 20.7 Å². The Balaban J connectivity index is 3.28. The molecule has 4 nitrogen and oxygen atoms in total. The number of aliphatic carboxylic acids is 1. The number of Topliss-reactive ketones (excluding diaryl/α,β-unsaturated/α-hetero) is 1. The van der Waals surface area contributed by atoms with E-state index in [-0.39, 0.29) is 15.8 Å². The molecule has 6 heteroatoms. The lowest BCUT2D eigenvalue weighted by Crippen LogP contribution is -2.13. The summed E-state index contributed by atoms with van der Waals surface area (Å²) in [4.78, 5) is 21.5. The lowest BCUT2D eigenvalue weighted by atomic mass is 10.1. The van der Waals surface area contributed by atoms with Crippen molar-refractivity contribution in [3.05, 3.63) is 28.0 Å². The van der Waals surface area contributed by atoms with Crippen LogP contribution in [0, 0.1) is 5.82 Å². The number of ether oxygens (including phenoxy) is 1. The third-order valence-corrected chi connectivity index (χ3v) is 2.25. The zero-order valence-corrected chi connectivity index (χ0v) is 9.17. The molecule has 1 rings (SSSR count). The summed E-state index contributed by atoms with van der Waals surface area (Å²) in [6.07, 6.45) is 0. The zero-order chi connectivity index (χ0) is 11.6. The van der Waals surface area contributed by atoms with Crippen molar-refractivity contribution in [1.82, 2.24) is 0 Å². The molecule has 0 unspecified atom stereocenters. The summed E-state index contributed by atoms with van der Waals surface area (Å²) in [5.41, 5.74) is -0.146. The minimum absolute atomic E-state index is 0.0218. The molecule has 0 amide bonds. The minimum atomic E-state index is -1.60. The summed E-state index contributed by atoms with van der Waals surface area (Å²) in [5.74, 6) is -3.59. The molecule has 0 spiro atoms. The van der Waals surface area contributed by atoms with Crippen LogP contribution in [0.15, 0.2) is 16.6 Å². The molecule has 0 aromatic heterocycles. The fourth-order valence-electron chi connectivity index (χ4n) is 0.967. The summed E-state index contributed by atoms with van der Waals surface area (Å²) in [6, 6.07) is 2.13. The Kier molecular flexibility index (Phi) is 3.41. The van der Waals surface area contributed by atoms with Gasteiger partial charge in [0.15, 0.2) is 11.6 Å². The number of rotatable bonds is 3. The van der Waals surface area contributed by atoms with Gasteiger partial charge in [-0.25, -0.2) is 9.18 Å². The van der Waals surface area contributed by atoms with Crippen molar-refractivity contribution in [1.29, 1.82) is 0 Å². The second-order valence-electron chi connectivity index (χ2n) is 2.61. The highest BCUT2D eigenvalue weighted by Crippen LogP contribution is 2.27. The van der Waals surface area contributed by atoms with Crippen LogP contribution in [0.2, 0.25) is 0 Å². The Morgan fingerprint density at radius 1 is 1.47 bits per heavy atom. The van der Waals surface area contributed by atoms with E-state index in [9.17, 15) is 14.0 Å². The normalized spacial score (nSPS) is 9.80. The highest BCUT2D eigenvalue weighted by atomic mass is 79.9. The van der Waals surface area contributed by atoms with Crippen molar-refractivity contribution in [2.24, 2.45) is 0 Å². The molecule has 0 aliphatic carbocycles. The van der Waals surface area contributed by atoms with Crippen LogP contribution in [-0.2, 0) is 4.79 Å². The van der Waals surface area contributed by atoms with Crippen LogP contribution in [0.4, 0.5) is 4.39 Å². The van der Waals surface area contributed by atoms with Crippen LogP contribution < -0.4 is 4.74 Å². The Labute approximate surface area is 92.8 Å². The van der Waals surface area contributed by atoms with Gasteiger partial charge in [-0.05, 0) is 28.1 Å². The summed E-state index contributed by atoms with van der Waals surface area (Å²) >= 11 is 2.85. The first-order valence-electron chi connectivity index (χ1n) is 3.78. The number of carbonyl (C=O) groups is 2. The van der Waals surface area contributed by atoms with Crippen molar-refractivity contribution in [2.45, 2.75) is 0 Å². The van der Waals surface area contributed by atoms with Gasteiger partial charge in [-0.1, -0.05) is 0 Å². The Bertz CT molecular complexity index is 430. The second-order valence-corrected chi connectivity index (χ2v) is 3.46. The van der Waals surface area contributed by atoms with Crippen molar-refractivity contribution >= 4 is 27.7 Å². The van der Waals surface area contributed by atoms with Gasteiger partial charge < -0.3 is 9.84 Å². The third-order valence-electron chi connectivity index (χ3n) is 1.67. The Hall–Kier alpha value is -1.43.